The van der Waals surface area contributed by atoms with Crippen LogP contribution >= 0.6 is 24.0 Å². The summed E-state index contributed by atoms with van der Waals surface area (Å²) in [7, 11) is 1.83. The van der Waals surface area contributed by atoms with Gasteiger partial charge in [-0.1, -0.05) is 30.3 Å². The van der Waals surface area contributed by atoms with Gasteiger partial charge in [-0.25, -0.2) is 0 Å². The molecule has 2 atom stereocenters. The molecule has 27 heavy (non-hydrogen) atoms. The van der Waals surface area contributed by atoms with Crippen LogP contribution in [0.25, 0.3) is 0 Å². The van der Waals surface area contributed by atoms with Gasteiger partial charge >= 0.3 is 0 Å². The Morgan fingerprint density at radius 2 is 2.04 bits per heavy atom. The van der Waals surface area contributed by atoms with E-state index in [1.54, 1.807) is 6.26 Å². The Bertz CT molecular complexity index is 675. The third-order valence-corrected chi connectivity index (χ3v) is 5.05. The second-order valence-corrected chi connectivity index (χ2v) is 7.00. The minimum absolute atomic E-state index is 0. The molecule has 3 rings (SSSR count). The fourth-order valence-corrected chi connectivity index (χ4v) is 3.55. The van der Waals surface area contributed by atoms with Gasteiger partial charge < -0.3 is 15.1 Å². The quantitative estimate of drug-likeness (QED) is 0.375. The Morgan fingerprint density at radius 1 is 1.22 bits per heavy atom. The first-order valence-corrected chi connectivity index (χ1v) is 9.52. The van der Waals surface area contributed by atoms with E-state index in [4.69, 9.17) is 4.42 Å². The molecule has 1 aliphatic heterocycles. The first-order valence-electron chi connectivity index (χ1n) is 9.52. The number of halogens is 1. The zero-order chi connectivity index (χ0) is 18.2. The normalized spacial score (nSPS) is 20.7. The summed E-state index contributed by atoms with van der Waals surface area (Å²) in [5.74, 6) is 1.88. The lowest BCUT2D eigenvalue weighted by Gasteiger charge is -2.38. The molecule has 0 bridgehead atoms. The highest BCUT2D eigenvalue weighted by Crippen LogP contribution is 2.19. The van der Waals surface area contributed by atoms with E-state index in [0.29, 0.717) is 12.1 Å². The maximum absolute atomic E-state index is 5.37. The Hall–Kier alpha value is -1.54. The second kappa shape index (κ2) is 11.3. The van der Waals surface area contributed by atoms with Gasteiger partial charge in [0.1, 0.15) is 5.76 Å². The molecule has 2 N–H and O–H groups in total. The molecule has 5 nitrogen and oxygen atoms in total. The number of hydrogen-bond donors (Lipinski definition) is 2. The third kappa shape index (κ3) is 6.84. The SMILES string of the molecule is CN=C(NCCc1ccco1)NC1CCN(Cc2ccccc2)C(C)C1.I. The van der Waals surface area contributed by atoms with Crippen LogP contribution in [0.4, 0.5) is 0 Å². The second-order valence-electron chi connectivity index (χ2n) is 7.00. The lowest BCUT2D eigenvalue weighted by molar-refractivity contribution is 0.134. The van der Waals surface area contributed by atoms with Crippen molar-refractivity contribution < 1.29 is 4.42 Å². The molecule has 1 aromatic carbocycles. The summed E-state index contributed by atoms with van der Waals surface area (Å²) >= 11 is 0. The highest BCUT2D eigenvalue weighted by atomic mass is 127. The van der Waals surface area contributed by atoms with Crippen molar-refractivity contribution >= 4 is 29.9 Å². The first kappa shape index (κ1) is 21.8. The molecule has 0 saturated carbocycles. The van der Waals surface area contributed by atoms with E-state index in [1.807, 2.05) is 19.2 Å². The average Bonchev–Trinajstić information content (AvgIpc) is 3.17. The molecule has 2 aromatic rings. The van der Waals surface area contributed by atoms with Crippen LogP contribution in [0, 0.1) is 0 Å². The van der Waals surface area contributed by atoms with E-state index in [2.05, 4.69) is 57.8 Å². The Morgan fingerprint density at radius 3 is 2.70 bits per heavy atom. The number of nitrogens with one attached hydrogen (secondary N) is 2. The predicted molar refractivity (Wildman–Crippen MR) is 122 cm³/mol. The van der Waals surface area contributed by atoms with Gasteiger partial charge in [-0.15, -0.1) is 24.0 Å². The van der Waals surface area contributed by atoms with E-state index >= 15 is 0 Å². The van der Waals surface area contributed by atoms with Crippen molar-refractivity contribution in [3.05, 3.63) is 60.1 Å². The average molecular weight is 482 g/mol. The van der Waals surface area contributed by atoms with Crippen LogP contribution < -0.4 is 10.6 Å². The lowest BCUT2D eigenvalue weighted by Crippen LogP contribution is -2.51. The summed E-state index contributed by atoms with van der Waals surface area (Å²) in [5.41, 5.74) is 1.39. The van der Waals surface area contributed by atoms with Crippen molar-refractivity contribution in [2.75, 3.05) is 20.1 Å². The monoisotopic (exact) mass is 482 g/mol. The van der Waals surface area contributed by atoms with Crippen molar-refractivity contribution in [1.29, 1.82) is 0 Å². The third-order valence-electron chi connectivity index (χ3n) is 5.05. The molecule has 0 aliphatic carbocycles. The maximum Gasteiger partial charge on any atom is 0.191 e. The Kier molecular flexibility index (Phi) is 9.14. The molecule has 1 aliphatic rings. The number of benzene rings is 1. The molecule has 6 heteroatoms. The van der Waals surface area contributed by atoms with Crippen LogP contribution in [0.1, 0.15) is 31.1 Å². The molecule has 148 valence electrons. The van der Waals surface area contributed by atoms with Crippen LogP contribution in [-0.4, -0.2) is 43.1 Å². The fourth-order valence-electron chi connectivity index (χ4n) is 3.55. The summed E-state index contributed by atoms with van der Waals surface area (Å²) in [4.78, 5) is 6.93. The summed E-state index contributed by atoms with van der Waals surface area (Å²) in [6.07, 6.45) is 4.84. The van der Waals surface area contributed by atoms with E-state index in [1.165, 1.54) is 5.56 Å². The molecular weight excluding hydrogens is 451 g/mol. The van der Waals surface area contributed by atoms with Crippen LogP contribution in [0.5, 0.6) is 0 Å². The van der Waals surface area contributed by atoms with Gasteiger partial charge in [-0.3, -0.25) is 9.89 Å². The van der Waals surface area contributed by atoms with E-state index < -0.39 is 0 Å². The van der Waals surface area contributed by atoms with Crippen LogP contribution in [0.3, 0.4) is 0 Å². The van der Waals surface area contributed by atoms with Gasteiger partial charge in [-0.2, -0.15) is 0 Å². The van der Waals surface area contributed by atoms with Gasteiger partial charge in [0.05, 0.1) is 6.26 Å². The molecule has 0 amide bonds. The van der Waals surface area contributed by atoms with Gasteiger partial charge in [0.25, 0.3) is 0 Å². The Labute approximate surface area is 179 Å². The molecule has 1 fully saturated rings. The molecule has 1 aromatic heterocycles. The van der Waals surface area contributed by atoms with E-state index in [-0.39, 0.29) is 24.0 Å². The van der Waals surface area contributed by atoms with E-state index in [9.17, 15) is 0 Å². The smallest absolute Gasteiger partial charge is 0.191 e. The molecule has 1 saturated heterocycles. The number of nitrogens with zero attached hydrogens (tertiary/aromatic N) is 2. The van der Waals surface area contributed by atoms with E-state index in [0.717, 1.165) is 50.6 Å². The first-order chi connectivity index (χ1) is 12.7. The summed E-state index contributed by atoms with van der Waals surface area (Å²) in [6.45, 7) is 5.28. The van der Waals surface area contributed by atoms with Gasteiger partial charge in [-0.05, 0) is 37.5 Å². The van der Waals surface area contributed by atoms with Crippen LogP contribution in [0.15, 0.2) is 58.1 Å². The van der Waals surface area contributed by atoms with Crippen molar-refractivity contribution in [3.8, 4) is 0 Å². The van der Waals surface area contributed by atoms with Crippen LogP contribution in [0.2, 0.25) is 0 Å². The standard InChI is InChI=1S/C21H30N4O.HI/c1-17-15-19(11-13-25(17)16-18-7-4-3-5-8-18)24-21(22-2)23-12-10-20-9-6-14-26-20;/h3-9,14,17,19H,10-13,15-16H2,1-2H3,(H2,22,23,24);1H. The zero-order valence-corrected chi connectivity index (χ0v) is 18.6. The lowest BCUT2D eigenvalue weighted by atomic mass is 9.97. The summed E-state index contributed by atoms with van der Waals surface area (Å²) < 4.78 is 5.37. The maximum atomic E-state index is 5.37. The van der Waals surface area contributed by atoms with Gasteiger partial charge in [0.2, 0.25) is 0 Å². The van der Waals surface area contributed by atoms with Crippen molar-refractivity contribution in [3.63, 3.8) is 0 Å². The summed E-state index contributed by atoms with van der Waals surface area (Å²) in [6, 6.07) is 15.7. The van der Waals surface area contributed by atoms with Crippen molar-refractivity contribution in [2.45, 2.75) is 44.8 Å². The molecular formula is C21H31IN4O. The molecule has 0 radical (unpaired) electrons. The Balaban J connectivity index is 0.00000261. The molecule has 2 unspecified atom stereocenters. The van der Waals surface area contributed by atoms with Gasteiger partial charge in [0, 0.05) is 45.2 Å². The summed E-state index contributed by atoms with van der Waals surface area (Å²) in [5, 5.41) is 6.97. The number of guanidine groups is 1. The molecule has 2 heterocycles. The number of rotatable bonds is 6. The van der Waals surface area contributed by atoms with Crippen LogP contribution in [-0.2, 0) is 13.0 Å². The fraction of sp³-hybridized carbons (Fsp3) is 0.476. The highest BCUT2D eigenvalue weighted by molar-refractivity contribution is 14.0. The van der Waals surface area contributed by atoms with Gasteiger partial charge in [0.15, 0.2) is 5.96 Å². The van der Waals surface area contributed by atoms with Crippen molar-refractivity contribution in [1.82, 2.24) is 15.5 Å². The van der Waals surface area contributed by atoms with Crippen molar-refractivity contribution in [2.24, 2.45) is 4.99 Å². The minimum Gasteiger partial charge on any atom is -0.469 e. The zero-order valence-electron chi connectivity index (χ0n) is 16.2. The number of furan rings is 1. The highest BCUT2D eigenvalue weighted by Gasteiger charge is 2.25. The number of likely N-dealkylation sites (tertiary alicyclic amines) is 1. The largest absolute Gasteiger partial charge is 0.469 e. The minimum atomic E-state index is 0. The predicted octanol–water partition coefficient (Wildman–Crippen LogP) is 3.66. The number of piperidine rings is 1. The topological polar surface area (TPSA) is 52.8 Å². The molecule has 0 spiro atoms. The number of aliphatic imine (C=N–C) groups is 1. The number of hydrogen-bond acceptors (Lipinski definition) is 3.